The SMILES string of the molecule is O=C1NCC(F)Cn2nc3c(c21)CN(C(=O)Nc1ccnc(Br)c1F)CC3. The smallest absolute Gasteiger partial charge is 0.322 e. The number of carbonyl (C=O) groups excluding carboxylic acids is 2. The van der Waals surface area contributed by atoms with Gasteiger partial charge in [-0.05, 0) is 22.0 Å². The zero-order valence-electron chi connectivity index (χ0n) is 14.0. The maximum absolute atomic E-state index is 14.0. The maximum atomic E-state index is 14.0. The van der Waals surface area contributed by atoms with E-state index in [1.54, 1.807) is 0 Å². The van der Waals surface area contributed by atoms with Crippen LogP contribution >= 0.6 is 15.9 Å². The Morgan fingerprint density at radius 3 is 3.07 bits per heavy atom. The number of alkyl halides is 1. The topological polar surface area (TPSA) is 92.2 Å². The molecule has 1 atom stereocenters. The van der Waals surface area contributed by atoms with Crippen LogP contribution in [-0.4, -0.2) is 50.9 Å². The van der Waals surface area contributed by atoms with Crippen LogP contribution in [0.25, 0.3) is 0 Å². The van der Waals surface area contributed by atoms with E-state index >= 15 is 0 Å². The molecule has 27 heavy (non-hydrogen) atoms. The highest BCUT2D eigenvalue weighted by atomic mass is 79.9. The van der Waals surface area contributed by atoms with Gasteiger partial charge >= 0.3 is 6.03 Å². The van der Waals surface area contributed by atoms with Crippen LogP contribution in [0.1, 0.15) is 21.7 Å². The highest BCUT2D eigenvalue weighted by molar-refractivity contribution is 9.10. The summed E-state index contributed by atoms with van der Waals surface area (Å²) in [7, 11) is 0. The van der Waals surface area contributed by atoms with Crippen LogP contribution < -0.4 is 10.6 Å². The highest BCUT2D eigenvalue weighted by Gasteiger charge is 2.32. The Morgan fingerprint density at radius 1 is 1.44 bits per heavy atom. The van der Waals surface area contributed by atoms with Crippen LogP contribution in [0.2, 0.25) is 0 Å². The number of anilines is 1. The Balaban J connectivity index is 1.57. The number of urea groups is 1. The first kappa shape index (κ1) is 17.8. The molecule has 4 heterocycles. The summed E-state index contributed by atoms with van der Waals surface area (Å²) >= 11 is 2.97. The third-order valence-electron chi connectivity index (χ3n) is 4.55. The molecule has 0 saturated heterocycles. The molecular formula is C16H15BrF2N6O2. The number of hydrogen-bond acceptors (Lipinski definition) is 4. The minimum atomic E-state index is -1.22. The Labute approximate surface area is 161 Å². The average Bonchev–Trinajstić information content (AvgIpc) is 2.93. The molecule has 0 aliphatic carbocycles. The van der Waals surface area contributed by atoms with Gasteiger partial charge in [-0.25, -0.2) is 18.6 Å². The lowest BCUT2D eigenvalue weighted by molar-refractivity contribution is 0.0943. The van der Waals surface area contributed by atoms with E-state index in [1.807, 2.05) is 0 Å². The summed E-state index contributed by atoms with van der Waals surface area (Å²) in [5, 5.41) is 9.38. The van der Waals surface area contributed by atoms with Crippen molar-refractivity contribution < 1.29 is 18.4 Å². The van der Waals surface area contributed by atoms with Gasteiger partial charge in [0.25, 0.3) is 5.91 Å². The monoisotopic (exact) mass is 440 g/mol. The van der Waals surface area contributed by atoms with Crippen molar-refractivity contribution in [2.45, 2.75) is 25.7 Å². The Morgan fingerprint density at radius 2 is 2.26 bits per heavy atom. The molecular weight excluding hydrogens is 426 g/mol. The minimum absolute atomic E-state index is 0.000443. The number of hydrogen-bond donors (Lipinski definition) is 2. The lowest BCUT2D eigenvalue weighted by Gasteiger charge is -2.27. The molecule has 3 amide bonds. The molecule has 0 radical (unpaired) electrons. The molecule has 2 aliphatic rings. The van der Waals surface area contributed by atoms with Crippen LogP contribution in [0.3, 0.4) is 0 Å². The van der Waals surface area contributed by atoms with Crippen molar-refractivity contribution in [3.63, 3.8) is 0 Å². The number of nitrogens with zero attached hydrogens (tertiary/aromatic N) is 4. The number of halogens is 3. The Kier molecular flexibility index (Phi) is 4.54. The summed E-state index contributed by atoms with van der Waals surface area (Å²) in [5.74, 6) is -1.08. The van der Waals surface area contributed by atoms with E-state index < -0.39 is 23.9 Å². The number of carbonyl (C=O) groups is 2. The predicted molar refractivity (Wildman–Crippen MR) is 94.5 cm³/mol. The summed E-state index contributed by atoms with van der Waals surface area (Å²) in [6.07, 6.45) is 0.575. The van der Waals surface area contributed by atoms with Crippen LogP contribution in [0.4, 0.5) is 19.3 Å². The zero-order valence-corrected chi connectivity index (χ0v) is 15.6. The molecule has 2 aromatic rings. The predicted octanol–water partition coefficient (Wildman–Crippen LogP) is 1.85. The van der Waals surface area contributed by atoms with E-state index in [-0.39, 0.29) is 35.6 Å². The molecule has 2 aliphatic heterocycles. The molecule has 0 bridgehead atoms. The van der Waals surface area contributed by atoms with Crippen LogP contribution in [0, 0.1) is 5.82 Å². The van der Waals surface area contributed by atoms with E-state index in [0.717, 1.165) is 0 Å². The second kappa shape index (κ2) is 6.87. The van der Waals surface area contributed by atoms with Gasteiger partial charge < -0.3 is 15.5 Å². The number of aromatic nitrogens is 3. The average molecular weight is 441 g/mol. The fourth-order valence-corrected chi connectivity index (χ4v) is 3.57. The van der Waals surface area contributed by atoms with Gasteiger partial charge in [-0.2, -0.15) is 5.10 Å². The third kappa shape index (κ3) is 3.27. The van der Waals surface area contributed by atoms with Gasteiger partial charge in [0.1, 0.15) is 16.5 Å². The minimum Gasteiger partial charge on any atom is -0.348 e. The molecule has 0 fully saturated rings. The quantitative estimate of drug-likeness (QED) is 0.661. The van der Waals surface area contributed by atoms with E-state index in [9.17, 15) is 18.4 Å². The summed E-state index contributed by atoms with van der Waals surface area (Å²) in [5.41, 5.74) is 1.55. The zero-order chi connectivity index (χ0) is 19.1. The number of nitrogens with one attached hydrogen (secondary N) is 2. The van der Waals surface area contributed by atoms with E-state index in [1.165, 1.54) is 21.8 Å². The number of fused-ring (bicyclic) bond motifs is 3. The van der Waals surface area contributed by atoms with Gasteiger partial charge in [0, 0.05) is 24.7 Å². The van der Waals surface area contributed by atoms with Gasteiger partial charge in [-0.15, -0.1) is 0 Å². The first-order chi connectivity index (χ1) is 12.9. The molecule has 0 saturated carbocycles. The number of rotatable bonds is 1. The normalized spacial score (nSPS) is 19.0. The lowest BCUT2D eigenvalue weighted by Crippen LogP contribution is -2.39. The van der Waals surface area contributed by atoms with E-state index in [2.05, 4.69) is 36.6 Å². The van der Waals surface area contributed by atoms with Crippen molar-refractivity contribution in [2.75, 3.05) is 18.4 Å². The summed E-state index contributed by atoms with van der Waals surface area (Å²) in [6, 6.07) is 0.851. The van der Waals surface area contributed by atoms with Crippen molar-refractivity contribution in [3.8, 4) is 0 Å². The van der Waals surface area contributed by atoms with Crippen molar-refractivity contribution in [1.29, 1.82) is 0 Å². The van der Waals surface area contributed by atoms with Crippen LogP contribution in [0.15, 0.2) is 16.9 Å². The molecule has 4 rings (SSSR count). The molecule has 2 aromatic heterocycles. The summed E-state index contributed by atoms with van der Waals surface area (Å²) in [6.45, 7) is 0.402. The third-order valence-corrected chi connectivity index (χ3v) is 5.10. The van der Waals surface area contributed by atoms with Crippen molar-refractivity contribution >= 4 is 33.6 Å². The lowest BCUT2D eigenvalue weighted by atomic mass is 10.1. The second-order valence-corrected chi connectivity index (χ2v) is 7.08. The van der Waals surface area contributed by atoms with E-state index in [4.69, 9.17) is 0 Å². The summed E-state index contributed by atoms with van der Waals surface area (Å²) in [4.78, 5) is 30.1. The molecule has 1 unspecified atom stereocenters. The first-order valence-electron chi connectivity index (χ1n) is 8.30. The van der Waals surface area contributed by atoms with Gasteiger partial charge in [0.2, 0.25) is 0 Å². The van der Waals surface area contributed by atoms with Gasteiger partial charge in [0.15, 0.2) is 5.82 Å². The van der Waals surface area contributed by atoms with Gasteiger partial charge in [0.05, 0.1) is 31.0 Å². The Hall–Kier alpha value is -2.56. The first-order valence-corrected chi connectivity index (χ1v) is 9.10. The Bertz CT molecular complexity index is 934. The fourth-order valence-electron chi connectivity index (χ4n) is 3.23. The summed E-state index contributed by atoms with van der Waals surface area (Å²) < 4.78 is 29.2. The standard InChI is InChI=1S/C16H15BrF2N6O2/c17-14-12(19)11(1-3-20-14)22-16(27)24-4-2-10-9(7-24)13-15(26)21-5-8(18)6-25(13)23-10/h1,3,8H,2,4-7H2,(H,21,26)(H,20,22,27). The molecule has 2 N–H and O–H groups in total. The second-order valence-electron chi connectivity index (χ2n) is 6.33. The molecule has 0 spiro atoms. The van der Waals surface area contributed by atoms with Crippen molar-refractivity contribution in [3.05, 3.63) is 39.6 Å². The molecule has 8 nitrogen and oxygen atoms in total. The largest absolute Gasteiger partial charge is 0.348 e. The van der Waals surface area contributed by atoms with Crippen LogP contribution in [0.5, 0.6) is 0 Å². The fraction of sp³-hybridized carbons (Fsp3) is 0.375. The van der Waals surface area contributed by atoms with E-state index in [0.29, 0.717) is 24.2 Å². The molecule has 11 heteroatoms. The van der Waals surface area contributed by atoms with Crippen LogP contribution in [-0.2, 0) is 19.5 Å². The number of pyridine rings is 1. The number of amides is 3. The van der Waals surface area contributed by atoms with Crippen molar-refractivity contribution in [1.82, 2.24) is 25.0 Å². The maximum Gasteiger partial charge on any atom is 0.322 e. The molecule has 0 aromatic carbocycles. The van der Waals surface area contributed by atoms with Gasteiger partial charge in [-0.3, -0.25) is 9.48 Å². The molecule has 142 valence electrons. The van der Waals surface area contributed by atoms with Crippen molar-refractivity contribution in [2.24, 2.45) is 0 Å². The van der Waals surface area contributed by atoms with Gasteiger partial charge in [-0.1, -0.05) is 0 Å². The highest BCUT2D eigenvalue weighted by Crippen LogP contribution is 2.26.